The summed E-state index contributed by atoms with van der Waals surface area (Å²) < 4.78 is 52.3. The molecule has 0 fully saturated rings. The highest BCUT2D eigenvalue weighted by atomic mass is 127. The molecule has 166 valence electrons. The molecule has 0 aliphatic carbocycles. The zero-order valence-electron chi connectivity index (χ0n) is 16.4. The van der Waals surface area contributed by atoms with Crippen LogP contribution in [0.4, 0.5) is 8.78 Å². The van der Waals surface area contributed by atoms with Crippen LogP contribution < -0.4 is 15.4 Å². The van der Waals surface area contributed by atoms with E-state index in [0.29, 0.717) is 28.7 Å². The van der Waals surface area contributed by atoms with Gasteiger partial charge in [0.1, 0.15) is 5.75 Å². The van der Waals surface area contributed by atoms with Crippen molar-refractivity contribution in [2.45, 2.75) is 25.5 Å². The molecule has 0 amide bonds. The number of benzene rings is 2. The van der Waals surface area contributed by atoms with E-state index in [1.165, 1.54) is 18.4 Å². The number of hydrogen-bond acceptors (Lipinski definition) is 4. The first-order chi connectivity index (χ1) is 13.7. The third-order valence-electron chi connectivity index (χ3n) is 3.82. The summed E-state index contributed by atoms with van der Waals surface area (Å²) in [6, 6.07) is 11.6. The fraction of sp³-hybridized carbons (Fsp3) is 0.316. The van der Waals surface area contributed by atoms with Crippen LogP contribution in [0.15, 0.2) is 47.5 Å². The fourth-order valence-corrected chi connectivity index (χ4v) is 3.53. The van der Waals surface area contributed by atoms with Gasteiger partial charge in [-0.15, -0.1) is 24.0 Å². The van der Waals surface area contributed by atoms with E-state index in [1.54, 1.807) is 25.2 Å². The van der Waals surface area contributed by atoms with Crippen LogP contribution in [0.1, 0.15) is 16.7 Å². The maximum atomic E-state index is 12.5. The summed E-state index contributed by atoms with van der Waals surface area (Å²) in [5, 5.41) is 6.52. The summed E-state index contributed by atoms with van der Waals surface area (Å²) in [6.07, 6.45) is 1.19. The van der Waals surface area contributed by atoms with Crippen LogP contribution >= 0.6 is 35.6 Å². The monoisotopic (exact) mass is 573 g/mol. The number of rotatable bonds is 8. The van der Waals surface area contributed by atoms with Crippen LogP contribution in [0.25, 0.3) is 0 Å². The number of alkyl halides is 2. The standard InChI is InChI=1S/C19H22ClF2N3O3S.HI/c1-23-19(24-10-13-3-5-14(6-4-13)12-29(2,26)27)25-11-15-9-16(20)7-8-17(15)28-18(21)22;/h3-9,18H,10-12H2,1-2H3,(H2,23,24,25);1H. The summed E-state index contributed by atoms with van der Waals surface area (Å²) in [6.45, 7) is -2.32. The molecule has 0 atom stereocenters. The molecule has 0 spiro atoms. The molecule has 2 rings (SSSR count). The summed E-state index contributed by atoms with van der Waals surface area (Å²) >= 11 is 5.94. The Labute approximate surface area is 197 Å². The molecule has 2 N–H and O–H groups in total. The molecule has 0 aliphatic heterocycles. The van der Waals surface area contributed by atoms with Gasteiger partial charge in [0.05, 0.1) is 5.75 Å². The Balaban J connectivity index is 0.00000450. The van der Waals surface area contributed by atoms with E-state index in [0.717, 1.165) is 5.56 Å². The molecule has 2 aromatic carbocycles. The highest BCUT2D eigenvalue weighted by Gasteiger charge is 2.11. The minimum Gasteiger partial charge on any atom is -0.434 e. The Morgan fingerprint density at radius 2 is 1.70 bits per heavy atom. The van der Waals surface area contributed by atoms with Gasteiger partial charge in [-0.2, -0.15) is 8.78 Å². The molecule has 0 saturated heterocycles. The average molecular weight is 574 g/mol. The molecule has 11 heteroatoms. The summed E-state index contributed by atoms with van der Waals surface area (Å²) in [5.74, 6) is 0.481. The number of sulfone groups is 1. The minimum absolute atomic E-state index is 0. The summed E-state index contributed by atoms with van der Waals surface area (Å²) in [4.78, 5) is 4.09. The van der Waals surface area contributed by atoms with E-state index >= 15 is 0 Å². The molecule has 6 nitrogen and oxygen atoms in total. The van der Waals surface area contributed by atoms with Crippen molar-refractivity contribution in [2.24, 2.45) is 4.99 Å². The molecule has 0 heterocycles. The number of hydrogen-bond donors (Lipinski definition) is 2. The van der Waals surface area contributed by atoms with Crippen LogP contribution in [0.2, 0.25) is 5.02 Å². The minimum atomic E-state index is -3.08. The summed E-state index contributed by atoms with van der Waals surface area (Å²) in [5.41, 5.74) is 2.10. The number of aliphatic imine (C=N–C) groups is 1. The predicted molar refractivity (Wildman–Crippen MR) is 126 cm³/mol. The Kier molecular flexibility index (Phi) is 10.8. The zero-order chi connectivity index (χ0) is 21.4. The highest BCUT2D eigenvalue weighted by molar-refractivity contribution is 14.0. The van der Waals surface area contributed by atoms with E-state index in [4.69, 9.17) is 11.6 Å². The Morgan fingerprint density at radius 1 is 1.10 bits per heavy atom. The van der Waals surface area contributed by atoms with Gasteiger partial charge in [0, 0.05) is 37.0 Å². The van der Waals surface area contributed by atoms with Crippen LogP contribution in [0, 0.1) is 0 Å². The maximum absolute atomic E-state index is 12.5. The van der Waals surface area contributed by atoms with Crippen molar-refractivity contribution in [3.8, 4) is 5.75 Å². The third kappa shape index (κ3) is 9.43. The second kappa shape index (κ2) is 12.3. The van der Waals surface area contributed by atoms with Gasteiger partial charge < -0.3 is 15.4 Å². The van der Waals surface area contributed by atoms with Crippen LogP contribution in [-0.2, 0) is 28.7 Å². The van der Waals surface area contributed by atoms with Gasteiger partial charge in [-0.05, 0) is 29.3 Å². The smallest absolute Gasteiger partial charge is 0.387 e. The molecule has 0 unspecified atom stereocenters. The Bertz CT molecular complexity index is 958. The number of nitrogens with one attached hydrogen (secondary N) is 2. The van der Waals surface area contributed by atoms with Crippen molar-refractivity contribution in [1.29, 1.82) is 0 Å². The van der Waals surface area contributed by atoms with Crippen molar-refractivity contribution in [3.63, 3.8) is 0 Å². The first kappa shape index (κ1) is 26.4. The van der Waals surface area contributed by atoms with Crippen LogP contribution in [-0.4, -0.2) is 34.3 Å². The maximum Gasteiger partial charge on any atom is 0.387 e. The lowest BCUT2D eigenvalue weighted by Gasteiger charge is -2.15. The van der Waals surface area contributed by atoms with E-state index in [1.807, 2.05) is 12.1 Å². The van der Waals surface area contributed by atoms with Gasteiger partial charge in [-0.1, -0.05) is 35.9 Å². The Hall–Kier alpha value is -1.66. The van der Waals surface area contributed by atoms with E-state index in [9.17, 15) is 17.2 Å². The van der Waals surface area contributed by atoms with Gasteiger partial charge in [-0.3, -0.25) is 4.99 Å². The molecule has 0 bridgehead atoms. The largest absolute Gasteiger partial charge is 0.434 e. The normalized spacial score (nSPS) is 11.7. The first-order valence-corrected chi connectivity index (χ1v) is 11.0. The van der Waals surface area contributed by atoms with Crippen molar-refractivity contribution < 1.29 is 21.9 Å². The van der Waals surface area contributed by atoms with Gasteiger partial charge in [0.2, 0.25) is 0 Å². The second-order valence-electron chi connectivity index (χ2n) is 6.30. The molecule has 0 aliphatic rings. The topological polar surface area (TPSA) is 79.8 Å². The van der Waals surface area contributed by atoms with E-state index in [-0.39, 0.29) is 42.0 Å². The van der Waals surface area contributed by atoms with E-state index < -0.39 is 16.4 Å². The highest BCUT2D eigenvalue weighted by Crippen LogP contribution is 2.24. The molecular weight excluding hydrogens is 551 g/mol. The lowest BCUT2D eigenvalue weighted by Crippen LogP contribution is -2.36. The average Bonchev–Trinajstić information content (AvgIpc) is 2.63. The molecule has 2 aromatic rings. The third-order valence-corrected chi connectivity index (χ3v) is 4.91. The van der Waals surface area contributed by atoms with Crippen molar-refractivity contribution in [2.75, 3.05) is 13.3 Å². The first-order valence-electron chi connectivity index (χ1n) is 8.59. The summed E-state index contributed by atoms with van der Waals surface area (Å²) in [7, 11) is -1.50. The lowest BCUT2D eigenvalue weighted by molar-refractivity contribution is -0.0504. The predicted octanol–water partition coefficient (Wildman–Crippen LogP) is 3.97. The molecule has 0 aromatic heterocycles. The van der Waals surface area contributed by atoms with Gasteiger partial charge in [-0.25, -0.2) is 8.42 Å². The molecule has 0 saturated carbocycles. The molecular formula is C19H23ClF2IN3O3S. The van der Waals surface area contributed by atoms with Gasteiger partial charge in [0.15, 0.2) is 15.8 Å². The molecule has 0 radical (unpaired) electrons. The number of ether oxygens (including phenoxy) is 1. The Morgan fingerprint density at radius 3 is 2.27 bits per heavy atom. The van der Waals surface area contributed by atoms with Crippen molar-refractivity contribution in [1.82, 2.24) is 10.6 Å². The van der Waals surface area contributed by atoms with Crippen molar-refractivity contribution >= 4 is 51.4 Å². The van der Waals surface area contributed by atoms with Crippen LogP contribution in [0.3, 0.4) is 0 Å². The number of halogens is 4. The zero-order valence-corrected chi connectivity index (χ0v) is 20.3. The number of nitrogens with zero attached hydrogens (tertiary/aromatic N) is 1. The van der Waals surface area contributed by atoms with E-state index in [2.05, 4.69) is 20.4 Å². The van der Waals surface area contributed by atoms with Crippen molar-refractivity contribution in [3.05, 3.63) is 64.2 Å². The quantitative estimate of drug-likeness (QED) is 0.284. The second-order valence-corrected chi connectivity index (χ2v) is 8.87. The fourth-order valence-electron chi connectivity index (χ4n) is 2.54. The number of guanidine groups is 1. The van der Waals surface area contributed by atoms with Gasteiger partial charge in [0.25, 0.3) is 0 Å². The lowest BCUT2D eigenvalue weighted by atomic mass is 10.1. The SMILES string of the molecule is CN=C(NCc1ccc(CS(C)(=O)=O)cc1)NCc1cc(Cl)ccc1OC(F)F.I. The molecule has 30 heavy (non-hydrogen) atoms. The van der Waals surface area contributed by atoms with Gasteiger partial charge >= 0.3 is 6.61 Å². The van der Waals surface area contributed by atoms with Crippen LogP contribution in [0.5, 0.6) is 5.75 Å².